The minimum Gasteiger partial charge on any atom is -0.490 e. The van der Waals surface area contributed by atoms with Crippen molar-refractivity contribution < 1.29 is 22.7 Å². The van der Waals surface area contributed by atoms with Crippen LogP contribution in [0.3, 0.4) is 0 Å². The highest BCUT2D eigenvalue weighted by atomic mass is 32.2. The van der Waals surface area contributed by atoms with Gasteiger partial charge in [0, 0.05) is 31.7 Å². The average molecular weight is 368 g/mol. The largest absolute Gasteiger partial charge is 0.490 e. The predicted octanol–water partition coefficient (Wildman–Crippen LogP) is 0.962. The van der Waals surface area contributed by atoms with Gasteiger partial charge in [0.1, 0.15) is 11.9 Å². The Morgan fingerprint density at radius 3 is 2.48 bits per heavy atom. The number of benzene rings is 1. The SMILES string of the molecule is CS(=O)(=O)N1CCC(Oc2cccc(C(=O)N3CCOCC3)c2)CC1. The Labute approximate surface area is 148 Å². The van der Waals surface area contributed by atoms with Crippen LogP contribution in [0.15, 0.2) is 24.3 Å². The summed E-state index contributed by atoms with van der Waals surface area (Å²) in [6.45, 7) is 3.29. The van der Waals surface area contributed by atoms with E-state index in [9.17, 15) is 13.2 Å². The summed E-state index contributed by atoms with van der Waals surface area (Å²) in [6, 6.07) is 7.20. The van der Waals surface area contributed by atoms with Gasteiger partial charge in [-0.2, -0.15) is 0 Å². The molecule has 2 heterocycles. The number of hydrogen-bond donors (Lipinski definition) is 0. The van der Waals surface area contributed by atoms with Crippen molar-refractivity contribution in [2.75, 3.05) is 45.6 Å². The van der Waals surface area contributed by atoms with E-state index in [1.165, 1.54) is 10.6 Å². The van der Waals surface area contributed by atoms with Crippen molar-refractivity contribution in [3.8, 4) is 5.75 Å². The predicted molar refractivity (Wildman–Crippen MR) is 93.2 cm³/mol. The molecule has 2 saturated heterocycles. The molecule has 0 aliphatic carbocycles. The maximum atomic E-state index is 12.5. The first-order valence-corrected chi connectivity index (χ1v) is 10.4. The van der Waals surface area contributed by atoms with E-state index in [1.54, 1.807) is 17.0 Å². The van der Waals surface area contributed by atoms with Gasteiger partial charge >= 0.3 is 0 Å². The molecule has 2 aliphatic heterocycles. The van der Waals surface area contributed by atoms with Crippen molar-refractivity contribution in [2.45, 2.75) is 18.9 Å². The van der Waals surface area contributed by atoms with Crippen LogP contribution in [0.4, 0.5) is 0 Å². The summed E-state index contributed by atoms with van der Waals surface area (Å²) in [4.78, 5) is 14.3. The smallest absolute Gasteiger partial charge is 0.254 e. The third-order valence-electron chi connectivity index (χ3n) is 4.55. The van der Waals surface area contributed by atoms with Crippen molar-refractivity contribution in [3.05, 3.63) is 29.8 Å². The molecule has 0 radical (unpaired) electrons. The van der Waals surface area contributed by atoms with Crippen molar-refractivity contribution >= 4 is 15.9 Å². The van der Waals surface area contributed by atoms with E-state index in [4.69, 9.17) is 9.47 Å². The number of morpholine rings is 1. The van der Waals surface area contributed by atoms with Gasteiger partial charge < -0.3 is 14.4 Å². The van der Waals surface area contributed by atoms with E-state index in [1.807, 2.05) is 12.1 Å². The number of nitrogens with zero attached hydrogens (tertiary/aromatic N) is 2. The van der Waals surface area contributed by atoms with Crippen LogP contribution in [0.25, 0.3) is 0 Å². The van der Waals surface area contributed by atoms with E-state index in [-0.39, 0.29) is 12.0 Å². The van der Waals surface area contributed by atoms with Crippen molar-refractivity contribution in [1.29, 1.82) is 0 Å². The minimum atomic E-state index is -3.14. The van der Waals surface area contributed by atoms with E-state index in [2.05, 4.69) is 0 Å². The van der Waals surface area contributed by atoms with E-state index >= 15 is 0 Å². The molecule has 0 unspecified atom stereocenters. The molecule has 1 aromatic carbocycles. The zero-order valence-electron chi connectivity index (χ0n) is 14.4. The number of hydrogen-bond acceptors (Lipinski definition) is 5. The van der Waals surface area contributed by atoms with Gasteiger partial charge in [-0.05, 0) is 31.0 Å². The molecular weight excluding hydrogens is 344 g/mol. The molecule has 8 heteroatoms. The quantitative estimate of drug-likeness (QED) is 0.791. The summed E-state index contributed by atoms with van der Waals surface area (Å²) in [5, 5.41) is 0. The average Bonchev–Trinajstić information content (AvgIpc) is 2.62. The molecule has 0 saturated carbocycles. The van der Waals surface area contributed by atoms with E-state index in [0.29, 0.717) is 63.5 Å². The number of sulfonamides is 1. The minimum absolute atomic E-state index is 0.0133. The summed E-state index contributed by atoms with van der Waals surface area (Å²) < 4.78 is 35.8. The van der Waals surface area contributed by atoms with Crippen molar-refractivity contribution in [2.24, 2.45) is 0 Å². The second-order valence-corrected chi connectivity index (χ2v) is 8.39. The topological polar surface area (TPSA) is 76.2 Å². The van der Waals surface area contributed by atoms with Gasteiger partial charge in [0.05, 0.1) is 19.5 Å². The monoisotopic (exact) mass is 368 g/mol. The van der Waals surface area contributed by atoms with Crippen LogP contribution in [0.1, 0.15) is 23.2 Å². The fraction of sp³-hybridized carbons (Fsp3) is 0.588. The highest BCUT2D eigenvalue weighted by Gasteiger charge is 2.26. The van der Waals surface area contributed by atoms with Crippen LogP contribution in [0, 0.1) is 0 Å². The van der Waals surface area contributed by atoms with Crippen molar-refractivity contribution in [3.63, 3.8) is 0 Å². The Balaban J connectivity index is 1.60. The molecule has 0 bridgehead atoms. The van der Waals surface area contributed by atoms with Gasteiger partial charge in [0.25, 0.3) is 5.91 Å². The van der Waals surface area contributed by atoms with Gasteiger partial charge in [0.15, 0.2) is 0 Å². The summed E-state index contributed by atoms with van der Waals surface area (Å²) >= 11 is 0. The lowest BCUT2D eigenvalue weighted by molar-refractivity contribution is 0.0302. The lowest BCUT2D eigenvalue weighted by atomic mass is 10.1. The Kier molecular flexibility index (Phi) is 5.61. The number of amides is 1. The fourth-order valence-corrected chi connectivity index (χ4v) is 4.00. The maximum absolute atomic E-state index is 12.5. The molecule has 3 rings (SSSR count). The molecule has 0 atom stereocenters. The van der Waals surface area contributed by atoms with Crippen LogP contribution < -0.4 is 4.74 Å². The maximum Gasteiger partial charge on any atom is 0.254 e. The molecule has 0 spiro atoms. The highest BCUT2D eigenvalue weighted by Crippen LogP contribution is 2.22. The summed E-state index contributed by atoms with van der Waals surface area (Å²) in [5.41, 5.74) is 0.605. The zero-order valence-corrected chi connectivity index (χ0v) is 15.2. The second-order valence-electron chi connectivity index (χ2n) is 6.41. The normalized spacial score (nSPS) is 20.4. The molecule has 2 fully saturated rings. The molecule has 2 aliphatic rings. The molecule has 1 amide bonds. The Hall–Kier alpha value is -1.64. The molecule has 25 heavy (non-hydrogen) atoms. The highest BCUT2D eigenvalue weighted by molar-refractivity contribution is 7.88. The molecular formula is C17H24N2O5S. The molecule has 138 valence electrons. The third kappa shape index (κ3) is 4.71. The first-order valence-electron chi connectivity index (χ1n) is 8.52. The number of ether oxygens (including phenoxy) is 2. The summed E-state index contributed by atoms with van der Waals surface area (Å²) in [6.07, 6.45) is 2.49. The van der Waals surface area contributed by atoms with Crippen LogP contribution >= 0.6 is 0 Å². The Morgan fingerprint density at radius 1 is 1.16 bits per heavy atom. The number of carbonyl (C=O) groups excluding carboxylic acids is 1. The summed E-state index contributed by atoms with van der Waals surface area (Å²) in [7, 11) is -3.14. The van der Waals surface area contributed by atoms with E-state index < -0.39 is 10.0 Å². The zero-order chi connectivity index (χ0) is 17.9. The van der Waals surface area contributed by atoms with Gasteiger partial charge in [-0.1, -0.05) is 6.07 Å². The van der Waals surface area contributed by atoms with Gasteiger partial charge in [-0.3, -0.25) is 4.79 Å². The van der Waals surface area contributed by atoms with E-state index in [0.717, 1.165) is 0 Å². The molecule has 0 aromatic heterocycles. The first-order chi connectivity index (χ1) is 11.9. The number of carbonyl (C=O) groups is 1. The number of piperidine rings is 1. The van der Waals surface area contributed by atoms with Crippen LogP contribution in [-0.4, -0.2) is 75.3 Å². The Morgan fingerprint density at radius 2 is 1.84 bits per heavy atom. The fourth-order valence-electron chi connectivity index (χ4n) is 3.13. The van der Waals surface area contributed by atoms with Crippen LogP contribution in [0.2, 0.25) is 0 Å². The van der Waals surface area contributed by atoms with Gasteiger partial charge in [-0.25, -0.2) is 12.7 Å². The van der Waals surface area contributed by atoms with Crippen LogP contribution in [0.5, 0.6) is 5.75 Å². The lowest BCUT2D eigenvalue weighted by Gasteiger charge is -2.30. The van der Waals surface area contributed by atoms with Gasteiger partial charge in [-0.15, -0.1) is 0 Å². The summed E-state index contributed by atoms with van der Waals surface area (Å²) in [5.74, 6) is 0.637. The molecule has 7 nitrogen and oxygen atoms in total. The molecule has 0 N–H and O–H groups in total. The van der Waals surface area contributed by atoms with Crippen molar-refractivity contribution in [1.82, 2.24) is 9.21 Å². The number of rotatable bonds is 4. The molecule has 1 aromatic rings. The van der Waals surface area contributed by atoms with Gasteiger partial charge in [0.2, 0.25) is 10.0 Å². The standard InChI is InChI=1S/C17H24N2O5S/c1-25(21,22)19-7-5-15(6-8-19)24-16-4-2-3-14(13-16)17(20)18-9-11-23-12-10-18/h2-4,13,15H,5-12H2,1H3. The third-order valence-corrected chi connectivity index (χ3v) is 5.86. The first kappa shape index (κ1) is 18.2. The second kappa shape index (κ2) is 7.72. The Bertz CT molecular complexity index is 708. The lowest BCUT2D eigenvalue weighted by Crippen LogP contribution is -2.41. The van der Waals surface area contributed by atoms with Crippen LogP contribution in [-0.2, 0) is 14.8 Å².